The Morgan fingerprint density at radius 2 is 1.54 bits per heavy atom. The fraction of sp³-hybridized carbons (Fsp3) is 0.619. The number of aliphatic hydroxyl groups excluding tert-OH is 1. The first-order valence-corrected chi connectivity index (χ1v) is 9.60. The van der Waals surface area contributed by atoms with Crippen molar-refractivity contribution in [3.8, 4) is 0 Å². The molecule has 0 fully saturated rings. The van der Waals surface area contributed by atoms with E-state index in [2.05, 4.69) is 0 Å². The Morgan fingerprint density at radius 1 is 0.929 bits per heavy atom. The first-order valence-electron chi connectivity index (χ1n) is 9.60. The molecule has 0 aromatic rings. The lowest BCUT2D eigenvalue weighted by molar-refractivity contribution is -0.153. The van der Waals surface area contributed by atoms with Gasteiger partial charge < -0.3 is 24.1 Å². The summed E-state index contributed by atoms with van der Waals surface area (Å²) in [6.45, 7) is 3.99. The van der Waals surface area contributed by atoms with Crippen LogP contribution in [-0.2, 0) is 28.5 Å². The van der Waals surface area contributed by atoms with E-state index in [1.54, 1.807) is 31.4 Å². The summed E-state index contributed by atoms with van der Waals surface area (Å²) in [5, 5.41) is 10.1. The van der Waals surface area contributed by atoms with Crippen LogP contribution in [0.25, 0.3) is 0 Å². The van der Waals surface area contributed by atoms with Gasteiger partial charge in [-0.3, -0.25) is 9.59 Å². The van der Waals surface area contributed by atoms with E-state index in [9.17, 15) is 14.7 Å². The van der Waals surface area contributed by atoms with Gasteiger partial charge >= 0.3 is 11.9 Å². The van der Waals surface area contributed by atoms with Crippen LogP contribution in [0.2, 0.25) is 0 Å². The molecule has 2 heterocycles. The summed E-state index contributed by atoms with van der Waals surface area (Å²) in [4.78, 5) is 23.9. The van der Waals surface area contributed by atoms with Crippen LogP contribution in [0.3, 0.4) is 0 Å². The van der Waals surface area contributed by atoms with E-state index >= 15 is 0 Å². The number of hydrogen-bond acceptors (Lipinski definition) is 7. The zero-order valence-electron chi connectivity index (χ0n) is 16.7. The van der Waals surface area contributed by atoms with Crippen LogP contribution in [0.4, 0.5) is 0 Å². The molecule has 7 heteroatoms. The Kier molecular flexibility index (Phi) is 8.89. The monoisotopic (exact) mass is 394 g/mol. The lowest BCUT2D eigenvalue weighted by atomic mass is 9.99. The van der Waals surface area contributed by atoms with Crippen LogP contribution >= 0.6 is 0 Å². The van der Waals surface area contributed by atoms with Crippen LogP contribution < -0.4 is 0 Å². The summed E-state index contributed by atoms with van der Waals surface area (Å²) in [6, 6.07) is 0. The molecule has 0 amide bonds. The zero-order valence-corrected chi connectivity index (χ0v) is 16.7. The quantitative estimate of drug-likeness (QED) is 0.537. The Morgan fingerprint density at radius 3 is 2.18 bits per heavy atom. The molecule has 7 nitrogen and oxygen atoms in total. The smallest absolute Gasteiger partial charge is 0.309 e. The number of ether oxygens (including phenoxy) is 4. The molecule has 6 atom stereocenters. The van der Waals surface area contributed by atoms with E-state index in [0.29, 0.717) is 0 Å². The van der Waals surface area contributed by atoms with Crippen molar-refractivity contribution in [1.29, 1.82) is 0 Å². The van der Waals surface area contributed by atoms with Gasteiger partial charge in [-0.25, -0.2) is 0 Å². The number of fused-ring (bicyclic) bond motifs is 2. The number of cyclic esters (lactones) is 2. The van der Waals surface area contributed by atoms with Crippen molar-refractivity contribution in [2.45, 2.75) is 51.1 Å². The van der Waals surface area contributed by atoms with E-state index < -0.39 is 18.2 Å². The predicted molar refractivity (Wildman–Crippen MR) is 102 cm³/mol. The second-order valence-electron chi connectivity index (χ2n) is 7.14. The van der Waals surface area contributed by atoms with Gasteiger partial charge in [-0.15, -0.1) is 0 Å². The molecule has 2 bridgehead atoms. The highest BCUT2D eigenvalue weighted by atomic mass is 16.6. The molecule has 0 spiro atoms. The van der Waals surface area contributed by atoms with Crippen molar-refractivity contribution in [2.75, 3.05) is 20.3 Å². The van der Waals surface area contributed by atoms with Gasteiger partial charge in [0.1, 0.15) is 25.4 Å². The Hall–Kier alpha value is -1.96. The van der Waals surface area contributed by atoms with Crippen molar-refractivity contribution in [3.05, 3.63) is 36.5 Å². The Balaban J connectivity index is 2.10. The molecule has 0 radical (unpaired) electrons. The van der Waals surface area contributed by atoms with Crippen LogP contribution in [0.1, 0.15) is 26.7 Å². The van der Waals surface area contributed by atoms with Gasteiger partial charge in [-0.05, 0) is 0 Å². The van der Waals surface area contributed by atoms with Gasteiger partial charge in [0.2, 0.25) is 0 Å². The van der Waals surface area contributed by atoms with Crippen molar-refractivity contribution >= 4 is 11.9 Å². The van der Waals surface area contributed by atoms with Crippen LogP contribution in [0, 0.1) is 11.8 Å². The average molecular weight is 394 g/mol. The molecule has 0 aliphatic carbocycles. The molecule has 0 unspecified atom stereocenters. The molecule has 2 rings (SSSR count). The predicted octanol–water partition coefficient (Wildman–Crippen LogP) is 1.95. The van der Waals surface area contributed by atoms with E-state index in [0.717, 1.165) is 0 Å². The SMILES string of the molecule is CO[C@@H]1COC(=O)CC=C[C@@H](C)[C@@H]2C=C[C@H](O)[C@@H](COC(=O)CC=C[C@H]1C)O2. The van der Waals surface area contributed by atoms with E-state index in [4.69, 9.17) is 18.9 Å². The molecule has 0 saturated carbocycles. The number of carbonyl (C=O) groups is 2. The molecule has 0 aromatic carbocycles. The van der Waals surface area contributed by atoms with Crippen molar-refractivity contribution < 1.29 is 33.6 Å². The molecule has 0 aromatic heterocycles. The van der Waals surface area contributed by atoms with Crippen LogP contribution in [0.15, 0.2) is 36.5 Å². The maximum atomic E-state index is 12.0. The highest BCUT2D eigenvalue weighted by molar-refractivity contribution is 5.71. The van der Waals surface area contributed by atoms with Gasteiger partial charge in [0.05, 0.1) is 25.0 Å². The van der Waals surface area contributed by atoms with Gasteiger partial charge in [-0.1, -0.05) is 50.3 Å². The molecule has 156 valence electrons. The summed E-state index contributed by atoms with van der Waals surface area (Å²) >= 11 is 0. The Labute approximate surface area is 166 Å². The van der Waals surface area contributed by atoms with Crippen molar-refractivity contribution in [2.24, 2.45) is 11.8 Å². The van der Waals surface area contributed by atoms with Gasteiger partial charge in [0.15, 0.2) is 0 Å². The fourth-order valence-electron chi connectivity index (χ4n) is 3.01. The molecular formula is C21H30O7. The van der Waals surface area contributed by atoms with E-state index in [1.165, 1.54) is 0 Å². The Bertz CT molecular complexity index is 610. The van der Waals surface area contributed by atoms with Gasteiger partial charge in [0.25, 0.3) is 0 Å². The minimum absolute atomic E-state index is 0.0201. The third-order valence-electron chi connectivity index (χ3n) is 4.88. The number of rotatable bonds is 1. The van der Waals surface area contributed by atoms with Gasteiger partial charge in [-0.2, -0.15) is 0 Å². The molecule has 2 aliphatic rings. The maximum Gasteiger partial charge on any atom is 0.309 e. The molecular weight excluding hydrogens is 364 g/mol. The molecule has 1 N–H and O–H groups in total. The summed E-state index contributed by atoms with van der Waals surface area (Å²) < 4.78 is 21.8. The first-order chi connectivity index (χ1) is 13.4. The number of hydrogen-bond donors (Lipinski definition) is 1. The number of esters is 2. The van der Waals surface area contributed by atoms with E-state index in [1.807, 2.05) is 26.0 Å². The molecule has 28 heavy (non-hydrogen) atoms. The molecule has 2 aliphatic heterocycles. The van der Waals surface area contributed by atoms with Crippen molar-refractivity contribution in [3.63, 3.8) is 0 Å². The summed E-state index contributed by atoms with van der Waals surface area (Å²) in [6.07, 6.45) is 8.80. The third-order valence-corrected chi connectivity index (χ3v) is 4.88. The minimum atomic E-state index is -0.834. The highest BCUT2D eigenvalue weighted by Crippen LogP contribution is 2.21. The lowest BCUT2D eigenvalue weighted by Crippen LogP contribution is -2.40. The fourth-order valence-corrected chi connectivity index (χ4v) is 3.01. The standard InChI is InChI=1S/C21H30O7/c1-14-6-4-8-20(23)26-12-18(25-3)15(2)7-5-9-21(24)27-13-19-16(22)10-11-17(14)28-19/h4-7,10-11,14-19,22H,8-9,12-13H2,1-3H3/t14-,15-,16+,17+,18-,19-/m1/s1. The van der Waals surface area contributed by atoms with Crippen LogP contribution in [-0.4, -0.2) is 61.8 Å². The third kappa shape index (κ3) is 6.89. The second kappa shape index (κ2) is 11.1. The normalized spacial score (nSPS) is 35.6. The number of aliphatic hydroxyl groups is 1. The van der Waals surface area contributed by atoms with Crippen molar-refractivity contribution in [1.82, 2.24) is 0 Å². The first kappa shape index (κ1) is 22.3. The maximum absolute atomic E-state index is 12.0. The summed E-state index contributed by atoms with van der Waals surface area (Å²) in [5.41, 5.74) is 0. The summed E-state index contributed by atoms with van der Waals surface area (Å²) in [5.74, 6) is -0.808. The summed E-state index contributed by atoms with van der Waals surface area (Å²) in [7, 11) is 1.56. The topological polar surface area (TPSA) is 91.3 Å². The zero-order chi connectivity index (χ0) is 20.5. The largest absolute Gasteiger partial charge is 0.463 e. The highest BCUT2D eigenvalue weighted by Gasteiger charge is 2.29. The van der Waals surface area contributed by atoms with E-state index in [-0.39, 0.29) is 56.1 Å². The van der Waals surface area contributed by atoms with Crippen LogP contribution in [0.5, 0.6) is 0 Å². The van der Waals surface area contributed by atoms with Gasteiger partial charge in [0, 0.05) is 18.9 Å². The lowest BCUT2D eigenvalue weighted by Gasteiger charge is -2.31. The number of methoxy groups -OCH3 is 1. The average Bonchev–Trinajstić information content (AvgIpc) is 2.67. The number of carbonyl (C=O) groups excluding carboxylic acids is 2. The molecule has 0 saturated heterocycles. The second-order valence-corrected chi connectivity index (χ2v) is 7.14. The minimum Gasteiger partial charge on any atom is -0.463 e.